The molecule has 1 aromatic heterocycles. The van der Waals surface area contributed by atoms with Gasteiger partial charge in [0.1, 0.15) is 11.5 Å². The van der Waals surface area contributed by atoms with Gasteiger partial charge in [-0.25, -0.2) is 0 Å². The summed E-state index contributed by atoms with van der Waals surface area (Å²) in [6.45, 7) is 1.27. The minimum Gasteiger partial charge on any atom is -0.497 e. The molecule has 7 heteroatoms. The van der Waals surface area contributed by atoms with Crippen molar-refractivity contribution in [3.8, 4) is 17.2 Å². The van der Waals surface area contributed by atoms with Gasteiger partial charge in [-0.15, -0.1) is 0 Å². The highest BCUT2D eigenvalue weighted by atomic mass is 16.6. The monoisotopic (exact) mass is 379 g/mol. The lowest BCUT2D eigenvalue weighted by Gasteiger charge is -2.17. The SMILES string of the molecule is COc1ccc(Oc2ccc(CN(C)Cc3cccnc3)cc2[N+](=O)[O-])cc1. The molecule has 0 fully saturated rings. The molecule has 0 radical (unpaired) electrons. The Hall–Kier alpha value is -3.45. The number of nitro groups is 1. The molecular weight excluding hydrogens is 358 g/mol. The molecule has 7 nitrogen and oxygen atoms in total. The average molecular weight is 379 g/mol. The summed E-state index contributed by atoms with van der Waals surface area (Å²) < 4.78 is 10.8. The summed E-state index contributed by atoms with van der Waals surface area (Å²) in [4.78, 5) is 17.3. The smallest absolute Gasteiger partial charge is 0.311 e. The minimum absolute atomic E-state index is 0.0666. The Morgan fingerprint density at radius 3 is 2.39 bits per heavy atom. The van der Waals surface area contributed by atoms with E-state index in [1.165, 1.54) is 0 Å². The van der Waals surface area contributed by atoms with Gasteiger partial charge in [-0.05, 0) is 54.6 Å². The van der Waals surface area contributed by atoms with Gasteiger partial charge in [0.05, 0.1) is 12.0 Å². The van der Waals surface area contributed by atoms with Crippen molar-refractivity contribution in [3.63, 3.8) is 0 Å². The number of ether oxygens (including phenoxy) is 2. The van der Waals surface area contributed by atoms with Crippen LogP contribution in [0.5, 0.6) is 17.2 Å². The van der Waals surface area contributed by atoms with Crippen molar-refractivity contribution in [3.05, 3.63) is 88.2 Å². The van der Waals surface area contributed by atoms with Crippen LogP contribution in [0.1, 0.15) is 11.1 Å². The molecule has 3 aromatic rings. The van der Waals surface area contributed by atoms with Crippen molar-refractivity contribution in [2.45, 2.75) is 13.1 Å². The lowest BCUT2D eigenvalue weighted by molar-refractivity contribution is -0.385. The van der Waals surface area contributed by atoms with Crippen LogP contribution in [0.3, 0.4) is 0 Å². The van der Waals surface area contributed by atoms with Crippen molar-refractivity contribution in [1.82, 2.24) is 9.88 Å². The van der Waals surface area contributed by atoms with E-state index >= 15 is 0 Å². The highest BCUT2D eigenvalue weighted by molar-refractivity contribution is 5.51. The van der Waals surface area contributed by atoms with E-state index in [9.17, 15) is 10.1 Å². The largest absolute Gasteiger partial charge is 0.497 e. The molecule has 0 aliphatic carbocycles. The van der Waals surface area contributed by atoms with Gasteiger partial charge in [0.25, 0.3) is 0 Å². The molecule has 0 aliphatic rings. The van der Waals surface area contributed by atoms with Crippen LogP contribution < -0.4 is 9.47 Å². The van der Waals surface area contributed by atoms with Crippen molar-refractivity contribution in [2.24, 2.45) is 0 Å². The second kappa shape index (κ2) is 8.96. The number of hydrogen-bond donors (Lipinski definition) is 0. The summed E-state index contributed by atoms with van der Waals surface area (Å²) in [5.41, 5.74) is 1.85. The van der Waals surface area contributed by atoms with Gasteiger partial charge in [-0.3, -0.25) is 20.0 Å². The molecule has 0 saturated carbocycles. The molecule has 0 bridgehead atoms. The maximum atomic E-state index is 11.5. The molecule has 0 saturated heterocycles. The lowest BCUT2D eigenvalue weighted by atomic mass is 10.1. The van der Waals surface area contributed by atoms with Crippen LogP contribution in [0.2, 0.25) is 0 Å². The normalized spacial score (nSPS) is 10.7. The number of rotatable bonds is 8. The number of nitrogens with zero attached hydrogens (tertiary/aromatic N) is 3. The van der Waals surface area contributed by atoms with Crippen molar-refractivity contribution in [1.29, 1.82) is 0 Å². The number of hydrogen-bond acceptors (Lipinski definition) is 6. The zero-order valence-corrected chi connectivity index (χ0v) is 15.7. The summed E-state index contributed by atoms with van der Waals surface area (Å²) in [5.74, 6) is 1.40. The zero-order valence-electron chi connectivity index (χ0n) is 15.7. The van der Waals surface area contributed by atoms with Gasteiger partial charge < -0.3 is 9.47 Å². The van der Waals surface area contributed by atoms with E-state index in [0.29, 0.717) is 24.6 Å². The number of pyridine rings is 1. The summed E-state index contributed by atoms with van der Waals surface area (Å²) in [6, 6.07) is 15.8. The fourth-order valence-electron chi connectivity index (χ4n) is 2.83. The highest BCUT2D eigenvalue weighted by Gasteiger charge is 2.17. The van der Waals surface area contributed by atoms with E-state index in [1.54, 1.807) is 49.7 Å². The summed E-state index contributed by atoms with van der Waals surface area (Å²) in [6.07, 6.45) is 3.54. The molecule has 28 heavy (non-hydrogen) atoms. The lowest BCUT2D eigenvalue weighted by Crippen LogP contribution is -2.17. The van der Waals surface area contributed by atoms with E-state index in [2.05, 4.69) is 9.88 Å². The Bertz CT molecular complexity index is 930. The first-order valence-electron chi connectivity index (χ1n) is 8.72. The van der Waals surface area contributed by atoms with Crippen LogP contribution in [0.25, 0.3) is 0 Å². The summed E-state index contributed by atoms with van der Waals surface area (Å²) >= 11 is 0. The third-order valence-electron chi connectivity index (χ3n) is 4.14. The Morgan fingerprint density at radius 2 is 1.75 bits per heavy atom. The minimum atomic E-state index is -0.427. The average Bonchev–Trinajstić information content (AvgIpc) is 2.70. The maximum Gasteiger partial charge on any atom is 0.311 e. The Kier molecular flexibility index (Phi) is 6.18. The van der Waals surface area contributed by atoms with Crippen LogP contribution in [0, 0.1) is 10.1 Å². The highest BCUT2D eigenvalue weighted by Crippen LogP contribution is 2.33. The van der Waals surface area contributed by atoms with E-state index in [1.807, 2.05) is 31.4 Å². The van der Waals surface area contributed by atoms with Gasteiger partial charge in [0, 0.05) is 31.5 Å². The summed E-state index contributed by atoms with van der Waals surface area (Å²) in [5, 5.41) is 11.5. The number of aromatic nitrogens is 1. The van der Waals surface area contributed by atoms with Crippen molar-refractivity contribution >= 4 is 5.69 Å². The van der Waals surface area contributed by atoms with E-state index < -0.39 is 4.92 Å². The molecule has 0 atom stereocenters. The van der Waals surface area contributed by atoms with Crippen LogP contribution in [0.4, 0.5) is 5.69 Å². The molecule has 3 rings (SSSR count). The van der Waals surface area contributed by atoms with Crippen molar-refractivity contribution in [2.75, 3.05) is 14.2 Å². The van der Waals surface area contributed by atoms with Gasteiger partial charge >= 0.3 is 5.69 Å². The number of nitro benzene ring substituents is 1. The van der Waals surface area contributed by atoms with Gasteiger partial charge in [-0.2, -0.15) is 0 Å². The predicted molar refractivity (Wildman–Crippen MR) is 106 cm³/mol. The second-order valence-corrected chi connectivity index (χ2v) is 6.37. The summed E-state index contributed by atoms with van der Waals surface area (Å²) in [7, 11) is 3.53. The van der Waals surface area contributed by atoms with Crippen LogP contribution in [-0.4, -0.2) is 29.0 Å². The number of benzene rings is 2. The molecule has 1 heterocycles. The molecular formula is C21H21N3O4. The third-order valence-corrected chi connectivity index (χ3v) is 4.14. The standard InChI is InChI=1S/C21H21N3O4/c1-23(15-17-4-3-11-22-13-17)14-16-5-10-21(20(12-16)24(25)26)28-19-8-6-18(27-2)7-9-19/h3-13H,14-15H2,1-2H3. The fourth-order valence-corrected chi connectivity index (χ4v) is 2.83. The molecule has 0 N–H and O–H groups in total. The van der Waals surface area contributed by atoms with E-state index in [4.69, 9.17) is 9.47 Å². The zero-order chi connectivity index (χ0) is 19.9. The molecule has 0 spiro atoms. The molecule has 0 unspecified atom stereocenters. The molecule has 144 valence electrons. The van der Waals surface area contributed by atoms with Gasteiger partial charge in [0.15, 0.2) is 0 Å². The van der Waals surface area contributed by atoms with Gasteiger partial charge in [0.2, 0.25) is 5.75 Å². The van der Waals surface area contributed by atoms with Crippen LogP contribution >= 0.6 is 0 Å². The van der Waals surface area contributed by atoms with Crippen LogP contribution in [0.15, 0.2) is 67.0 Å². The van der Waals surface area contributed by atoms with Crippen LogP contribution in [-0.2, 0) is 13.1 Å². The fraction of sp³-hybridized carbons (Fsp3) is 0.190. The Balaban J connectivity index is 1.73. The van der Waals surface area contributed by atoms with E-state index in [0.717, 1.165) is 11.1 Å². The molecule has 0 amide bonds. The number of methoxy groups -OCH3 is 1. The molecule has 2 aromatic carbocycles. The first kappa shape index (κ1) is 19.3. The van der Waals surface area contributed by atoms with Crippen molar-refractivity contribution < 1.29 is 14.4 Å². The predicted octanol–water partition coefficient (Wildman–Crippen LogP) is 4.42. The quantitative estimate of drug-likeness (QED) is 0.426. The molecule has 0 aliphatic heterocycles. The van der Waals surface area contributed by atoms with E-state index in [-0.39, 0.29) is 11.4 Å². The first-order valence-corrected chi connectivity index (χ1v) is 8.72. The topological polar surface area (TPSA) is 77.7 Å². The van der Waals surface area contributed by atoms with Gasteiger partial charge in [-0.1, -0.05) is 12.1 Å². The maximum absolute atomic E-state index is 11.5. The Morgan fingerprint density at radius 1 is 1.04 bits per heavy atom. The Labute approximate surface area is 163 Å². The second-order valence-electron chi connectivity index (χ2n) is 6.37. The first-order chi connectivity index (χ1) is 13.5. The third kappa shape index (κ3) is 5.05.